The van der Waals surface area contributed by atoms with Gasteiger partial charge < -0.3 is 9.30 Å². The minimum absolute atomic E-state index is 0.0955. The normalized spacial score (nSPS) is 20.7. The van der Waals surface area contributed by atoms with Crippen molar-refractivity contribution >= 4 is 27.0 Å². The van der Waals surface area contributed by atoms with Crippen LogP contribution in [-0.4, -0.2) is 53.4 Å². The number of imidazole rings is 1. The molecule has 2 aliphatic rings. The Labute approximate surface area is 193 Å². The summed E-state index contributed by atoms with van der Waals surface area (Å²) in [5.74, 6) is -2.07. The maximum absolute atomic E-state index is 13.6. The highest BCUT2D eigenvalue weighted by molar-refractivity contribution is 7.89. The fourth-order valence-corrected chi connectivity index (χ4v) is 6.15. The molecule has 182 valence electrons. The molecule has 1 aliphatic carbocycles. The van der Waals surface area contributed by atoms with Crippen LogP contribution in [0.3, 0.4) is 0 Å². The fourth-order valence-electron chi connectivity index (χ4n) is 4.62. The number of esters is 1. The summed E-state index contributed by atoms with van der Waals surface area (Å²) in [4.78, 5) is 16.0. The zero-order valence-corrected chi connectivity index (χ0v) is 20.3. The Morgan fingerprint density at radius 2 is 1.85 bits per heavy atom. The largest absolute Gasteiger partial charge is 0.460 e. The smallest absolute Gasteiger partial charge is 0.302 e. The molecule has 7 nitrogen and oxygen atoms in total. The van der Waals surface area contributed by atoms with Crippen molar-refractivity contribution in [2.24, 2.45) is 5.92 Å². The van der Waals surface area contributed by atoms with Crippen LogP contribution in [-0.2, 0) is 31.5 Å². The van der Waals surface area contributed by atoms with E-state index in [2.05, 4.69) is 4.57 Å². The van der Waals surface area contributed by atoms with E-state index in [1.54, 1.807) is 18.2 Å². The molecule has 0 amide bonds. The monoisotopic (exact) mass is 483 g/mol. The van der Waals surface area contributed by atoms with Gasteiger partial charge in [0.1, 0.15) is 11.9 Å². The second-order valence-electron chi connectivity index (χ2n) is 10.3. The van der Waals surface area contributed by atoms with Gasteiger partial charge in [-0.1, -0.05) is 20.8 Å². The lowest BCUT2D eigenvalue weighted by Gasteiger charge is -2.36. The van der Waals surface area contributed by atoms with Gasteiger partial charge in [0.25, 0.3) is 0 Å². The molecule has 0 N–H and O–H groups in total. The first-order valence-corrected chi connectivity index (χ1v) is 12.8. The van der Waals surface area contributed by atoms with E-state index in [0.29, 0.717) is 24.9 Å². The number of nitrogens with zero attached hydrogens (tertiary/aromatic N) is 3. The maximum Gasteiger partial charge on any atom is 0.302 e. The molecule has 1 saturated carbocycles. The first-order chi connectivity index (χ1) is 15.3. The first-order valence-electron chi connectivity index (χ1n) is 11.3. The van der Waals surface area contributed by atoms with Gasteiger partial charge in [-0.3, -0.25) is 4.79 Å². The van der Waals surface area contributed by atoms with E-state index in [0.717, 1.165) is 11.3 Å². The number of hydrogen-bond acceptors (Lipinski definition) is 5. The van der Waals surface area contributed by atoms with Crippen molar-refractivity contribution in [1.82, 2.24) is 13.9 Å². The lowest BCUT2D eigenvalue weighted by Crippen LogP contribution is -2.54. The van der Waals surface area contributed by atoms with Crippen LogP contribution in [0.1, 0.15) is 59.2 Å². The van der Waals surface area contributed by atoms with E-state index in [9.17, 15) is 22.0 Å². The second-order valence-corrected chi connectivity index (χ2v) is 12.2. The number of rotatable bonds is 5. The van der Waals surface area contributed by atoms with Crippen LogP contribution in [0.5, 0.6) is 0 Å². The Balaban J connectivity index is 1.61. The molecular formula is C23H31F2N3O4S. The number of fused-ring (bicyclic) bond motifs is 1. The number of alkyl halides is 2. The van der Waals surface area contributed by atoms with Gasteiger partial charge in [0.15, 0.2) is 0 Å². The number of benzene rings is 1. The number of ether oxygens (including phenoxy) is 1. The highest BCUT2D eigenvalue weighted by Gasteiger charge is 2.39. The van der Waals surface area contributed by atoms with Gasteiger partial charge in [-0.25, -0.2) is 22.2 Å². The Bertz CT molecular complexity index is 1150. The molecule has 0 atom stereocenters. The third-order valence-corrected chi connectivity index (χ3v) is 8.28. The molecule has 2 heterocycles. The minimum atomic E-state index is -3.73. The molecule has 2 fully saturated rings. The second kappa shape index (κ2) is 8.30. The lowest BCUT2D eigenvalue weighted by atomic mass is 9.86. The van der Waals surface area contributed by atoms with Crippen molar-refractivity contribution in [2.45, 2.75) is 82.3 Å². The molecule has 33 heavy (non-hydrogen) atoms. The average molecular weight is 484 g/mol. The van der Waals surface area contributed by atoms with Crippen molar-refractivity contribution < 1.29 is 26.7 Å². The number of hydrogen-bond donors (Lipinski definition) is 0. The summed E-state index contributed by atoms with van der Waals surface area (Å²) in [6.07, 6.45) is 0.307. The predicted molar refractivity (Wildman–Crippen MR) is 120 cm³/mol. The summed E-state index contributed by atoms with van der Waals surface area (Å²) < 4.78 is 61.7. The van der Waals surface area contributed by atoms with E-state index in [4.69, 9.17) is 9.72 Å². The van der Waals surface area contributed by atoms with E-state index >= 15 is 0 Å². The van der Waals surface area contributed by atoms with E-state index in [1.807, 2.05) is 20.8 Å². The van der Waals surface area contributed by atoms with Crippen molar-refractivity contribution in [3.8, 4) is 0 Å². The first kappa shape index (κ1) is 24.1. The fraction of sp³-hybridized carbons (Fsp3) is 0.652. The molecule has 1 aromatic heterocycles. The Hall–Kier alpha value is -2.07. The molecule has 2 aromatic rings. The van der Waals surface area contributed by atoms with E-state index < -0.39 is 28.0 Å². The van der Waals surface area contributed by atoms with Gasteiger partial charge in [0, 0.05) is 31.7 Å². The topological polar surface area (TPSA) is 81.5 Å². The quantitative estimate of drug-likeness (QED) is 0.599. The van der Waals surface area contributed by atoms with Crippen molar-refractivity contribution in [1.29, 1.82) is 0 Å². The van der Waals surface area contributed by atoms with E-state index in [-0.39, 0.29) is 42.2 Å². The zero-order valence-electron chi connectivity index (χ0n) is 19.5. The molecule has 1 aliphatic heterocycles. The Morgan fingerprint density at radius 1 is 1.21 bits per heavy atom. The third-order valence-electron chi connectivity index (χ3n) is 6.45. The summed E-state index contributed by atoms with van der Waals surface area (Å²) in [5.41, 5.74) is 1.07. The summed E-state index contributed by atoms with van der Waals surface area (Å²) >= 11 is 0. The molecule has 0 spiro atoms. The highest BCUT2D eigenvalue weighted by Crippen LogP contribution is 2.38. The molecule has 0 bridgehead atoms. The van der Waals surface area contributed by atoms with Gasteiger partial charge >= 0.3 is 5.97 Å². The Kier molecular flexibility index (Phi) is 6.05. The third kappa shape index (κ3) is 4.91. The van der Waals surface area contributed by atoms with Gasteiger partial charge in [-0.05, 0) is 37.0 Å². The maximum atomic E-state index is 13.6. The predicted octanol–water partition coefficient (Wildman–Crippen LogP) is 4.10. The van der Waals surface area contributed by atoms with Gasteiger partial charge in [0.2, 0.25) is 15.9 Å². The standard InChI is InChI=1S/C23H31F2N3O4S/c1-15(29)32-17-13-27(14-17)33(30,31)18-5-6-20-19(11-18)26-21(22(2,3)4)28(20)12-16-7-9-23(24,25)10-8-16/h5-6,11,16-17H,7-10,12-14H2,1-4H3. The average Bonchev–Trinajstić information content (AvgIpc) is 3.04. The minimum Gasteiger partial charge on any atom is -0.460 e. The molecule has 0 unspecified atom stereocenters. The zero-order chi connectivity index (χ0) is 24.2. The van der Waals surface area contributed by atoms with Crippen LogP contribution >= 0.6 is 0 Å². The van der Waals surface area contributed by atoms with Crippen LogP contribution in [0.25, 0.3) is 11.0 Å². The van der Waals surface area contributed by atoms with Gasteiger partial charge in [-0.15, -0.1) is 0 Å². The number of halogens is 2. The Morgan fingerprint density at radius 3 is 2.42 bits per heavy atom. The summed E-state index contributed by atoms with van der Waals surface area (Å²) in [7, 11) is -3.73. The van der Waals surface area contributed by atoms with Crippen LogP contribution < -0.4 is 0 Å². The van der Waals surface area contributed by atoms with Gasteiger partial charge in [0.05, 0.1) is 29.0 Å². The van der Waals surface area contributed by atoms with Crippen molar-refractivity contribution in [3.63, 3.8) is 0 Å². The molecule has 0 radical (unpaired) electrons. The van der Waals surface area contributed by atoms with Crippen molar-refractivity contribution in [3.05, 3.63) is 24.0 Å². The number of aromatic nitrogens is 2. The number of carbonyl (C=O) groups is 1. The molecule has 1 saturated heterocycles. The summed E-state index contributed by atoms with van der Waals surface area (Å²) in [5, 5.41) is 0. The van der Waals surface area contributed by atoms with Crippen LogP contribution in [0, 0.1) is 5.92 Å². The summed E-state index contributed by atoms with van der Waals surface area (Å²) in [6, 6.07) is 4.90. The highest BCUT2D eigenvalue weighted by atomic mass is 32.2. The molecule has 10 heteroatoms. The number of sulfonamides is 1. The van der Waals surface area contributed by atoms with Crippen molar-refractivity contribution in [2.75, 3.05) is 13.1 Å². The van der Waals surface area contributed by atoms with Gasteiger partial charge in [-0.2, -0.15) is 4.31 Å². The van der Waals surface area contributed by atoms with Crippen LogP contribution in [0.4, 0.5) is 8.78 Å². The van der Waals surface area contributed by atoms with Crippen LogP contribution in [0.2, 0.25) is 0 Å². The SMILES string of the molecule is CC(=O)OC1CN(S(=O)(=O)c2ccc3c(c2)nc(C(C)(C)C)n3CC2CCC(F)(F)CC2)C1. The number of carbonyl (C=O) groups excluding carboxylic acids is 1. The summed E-state index contributed by atoms with van der Waals surface area (Å²) in [6.45, 7) is 8.25. The van der Waals surface area contributed by atoms with Crippen LogP contribution in [0.15, 0.2) is 23.1 Å². The lowest BCUT2D eigenvalue weighted by molar-refractivity contribution is -0.151. The van der Waals surface area contributed by atoms with E-state index in [1.165, 1.54) is 11.2 Å². The molecule has 1 aromatic carbocycles. The molecule has 4 rings (SSSR count). The molecular weight excluding hydrogens is 452 g/mol.